The molecule has 1 aromatic carbocycles. The van der Waals surface area contributed by atoms with Crippen LogP contribution >= 0.6 is 0 Å². The fourth-order valence-corrected chi connectivity index (χ4v) is 3.76. The Morgan fingerprint density at radius 2 is 2.00 bits per heavy atom. The van der Waals surface area contributed by atoms with Gasteiger partial charge in [-0.2, -0.15) is 0 Å². The van der Waals surface area contributed by atoms with Crippen LogP contribution in [0.5, 0.6) is 5.75 Å². The van der Waals surface area contributed by atoms with E-state index in [1.165, 1.54) is 0 Å². The van der Waals surface area contributed by atoms with Crippen LogP contribution in [0, 0.1) is 0 Å². The zero-order valence-electron chi connectivity index (χ0n) is 13.1. The van der Waals surface area contributed by atoms with Gasteiger partial charge in [-0.05, 0) is 49.1 Å². The summed E-state index contributed by atoms with van der Waals surface area (Å²) in [5.41, 5.74) is 4.41. The molecule has 0 saturated heterocycles. The molecule has 2 aliphatic rings. The molecule has 0 bridgehead atoms. The summed E-state index contributed by atoms with van der Waals surface area (Å²) in [6.07, 6.45) is 6.36. The van der Waals surface area contributed by atoms with Crippen LogP contribution < -0.4 is 15.3 Å². The van der Waals surface area contributed by atoms with Gasteiger partial charge in [0.15, 0.2) is 6.73 Å². The van der Waals surface area contributed by atoms with Crippen molar-refractivity contribution in [3.63, 3.8) is 0 Å². The summed E-state index contributed by atoms with van der Waals surface area (Å²) in [6.45, 7) is 1.10. The molecule has 0 fully saturated rings. The first-order valence-electron chi connectivity index (χ1n) is 8.19. The molecule has 0 atom stereocenters. The Morgan fingerprint density at radius 1 is 1.08 bits per heavy atom. The molecular weight excluding hydrogens is 304 g/mol. The third kappa shape index (κ3) is 1.94. The maximum Gasteiger partial charge on any atom is 0.339 e. The van der Waals surface area contributed by atoms with Gasteiger partial charge in [-0.15, -0.1) is 0 Å². The standard InChI is InChI=1S/C19H16N2O3/c22-19-15-5-1-4-13(15)14-6-7-17-16(18(14)24-19)10-21(11-23-17)12-3-2-8-20-9-12/h2-3,6-9H,1,4-5,10-11H2. The van der Waals surface area contributed by atoms with Crippen molar-refractivity contribution in [3.05, 3.63) is 63.8 Å². The van der Waals surface area contributed by atoms with E-state index in [9.17, 15) is 4.79 Å². The Labute approximate surface area is 138 Å². The maximum atomic E-state index is 12.3. The Balaban J connectivity index is 1.68. The van der Waals surface area contributed by atoms with E-state index in [4.69, 9.17) is 9.15 Å². The number of aryl methyl sites for hydroxylation is 1. The van der Waals surface area contributed by atoms with Gasteiger partial charge in [0.25, 0.3) is 0 Å². The minimum atomic E-state index is -0.193. The largest absolute Gasteiger partial charge is 0.473 e. The molecule has 0 spiro atoms. The second kappa shape index (κ2) is 5.09. The number of aromatic nitrogens is 1. The fourth-order valence-electron chi connectivity index (χ4n) is 3.76. The highest BCUT2D eigenvalue weighted by Gasteiger charge is 2.26. The normalized spacial score (nSPS) is 15.9. The lowest BCUT2D eigenvalue weighted by molar-refractivity contribution is 0.289. The van der Waals surface area contributed by atoms with Gasteiger partial charge in [-0.3, -0.25) is 4.98 Å². The molecule has 1 aliphatic heterocycles. The first kappa shape index (κ1) is 13.6. The first-order chi connectivity index (χ1) is 11.8. The molecule has 0 N–H and O–H groups in total. The molecule has 3 aromatic rings. The van der Waals surface area contributed by atoms with Gasteiger partial charge in [0.2, 0.25) is 0 Å². The van der Waals surface area contributed by atoms with Crippen LogP contribution in [0.25, 0.3) is 11.0 Å². The number of anilines is 1. The Morgan fingerprint density at radius 3 is 2.88 bits per heavy atom. The van der Waals surface area contributed by atoms with Crippen LogP contribution in [-0.4, -0.2) is 11.7 Å². The van der Waals surface area contributed by atoms with Crippen LogP contribution in [0.15, 0.2) is 45.9 Å². The van der Waals surface area contributed by atoms with Gasteiger partial charge in [0, 0.05) is 17.1 Å². The van der Waals surface area contributed by atoms with Gasteiger partial charge in [-0.25, -0.2) is 4.79 Å². The molecule has 3 heterocycles. The number of hydrogen-bond acceptors (Lipinski definition) is 5. The van der Waals surface area contributed by atoms with E-state index in [0.717, 1.165) is 52.8 Å². The molecule has 5 rings (SSSR count). The fraction of sp³-hybridized carbons (Fsp3) is 0.263. The van der Waals surface area contributed by atoms with E-state index in [1.807, 2.05) is 30.5 Å². The quantitative estimate of drug-likeness (QED) is 0.645. The summed E-state index contributed by atoms with van der Waals surface area (Å²) in [5.74, 6) is 0.795. The van der Waals surface area contributed by atoms with Crippen molar-refractivity contribution in [2.45, 2.75) is 25.8 Å². The van der Waals surface area contributed by atoms with Crippen molar-refractivity contribution in [3.8, 4) is 5.75 Å². The monoisotopic (exact) mass is 320 g/mol. The molecule has 5 nitrogen and oxygen atoms in total. The highest BCUT2D eigenvalue weighted by Crippen LogP contribution is 2.36. The molecular formula is C19H16N2O3. The molecule has 1 aliphatic carbocycles. The summed E-state index contributed by atoms with van der Waals surface area (Å²) < 4.78 is 11.6. The topological polar surface area (TPSA) is 55.6 Å². The zero-order chi connectivity index (χ0) is 16.1. The number of fused-ring (bicyclic) bond motifs is 5. The van der Waals surface area contributed by atoms with Crippen molar-refractivity contribution in [1.82, 2.24) is 4.98 Å². The number of ether oxygens (including phenoxy) is 1. The number of benzene rings is 1. The van der Waals surface area contributed by atoms with E-state index in [1.54, 1.807) is 6.20 Å². The number of hydrogen-bond donors (Lipinski definition) is 0. The number of rotatable bonds is 1. The Bertz CT molecular complexity index is 995. The maximum absolute atomic E-state index is 12.3. The smallest absolute Gasteiger partial charge is 0.339 e. The molecule has 0 radical (unpaired) electrons. The van der Waals surface area contributed by atoms with E-state index in [-0.39, 0.29) is 5.63 Å². The van der Waals surface area contributed by atoms with Crippen LogP contribution in [0.1, 0.15) is 23.1 Å². The SMILES string of the molecule is O=c1oc2c3c(ccc2c2c1CCC2)OCN(c1cccnc1)C3. The van der Waals surface area contributed by atoms with Crippen molar-refractivity contribution >= 4 is 16.7 Å². The van der Waals surface area contributed by atoms with Crippen molar-refractivity contribution in [2.75, 3.05) is 11.6 Å². The van der Waals surface area contributed by atoms with Crippen LogP contribution in [0.3, 0.4) is 0 Å². The van der Waals surface area contributed by atoms with Gasteiger partial charge >= 0.3 is 5.63 Å². The minimum Gasteiger partial charge on any atom is -0.473 e. The average Bonchev–Trinajstić information content (AvgIpc) is 3.13. The lowest BCUT2D eigenvalue weighted by atomic mass is 10.0. The third-order valence-corrected chi connectivity index (χ3v) is 4.94. The van der Waals surface area contributed by atoms with Crippen molar-refractivity contribution in [1.29, 1.82) is 0 Å². The summed E-state index contributed by atoms with van der Waals surface area (Å²) in [6, 6.07) is 7.93. The van der Waals surface area contributed by atoms with E-state index in [0.29, 0.717) is 18.9 Å². The van der Waals surface area contributed by atoms with Crippen LogP contribution in [-0.2, 0) is 19.4 Å². The zero-order valence-corrected chi connectivity index (χ0v) is 13.1. The van der Waals surface area contributed by atoms with Crippen molar-refractivity contribution < 1.29 is 9.15 Å². The lowest BCUT2D eigenvalue weighted by Gasteiger charge is -2.30. The van der Waals surface area contributed by atoms with Crippen LogP contribution in [0.2, 0.25) is 0 Å². The van der Waals surface area contributed by atoms with E-state index < -0.39 is 0 Å². The highest BCUT2D eigenvalue weighted by atomic mass is 16.5. The molecule has 0 saturated carbocycles. The predicted octanol–water partition coefficient (Wildman–Crippen LogP) is 3.03. The van der Waals surface area contributed by atoms with E-state index in [2.05, 4.69) is 9.88 Å². The number of nitrogens with zero attached hydrogens (tertiary/aromatic N) is 2. The summed E-state index contributed by atoms with van der Waals surface area (Å²) in [4.78, 5) is 18.6. The Hall–Kier alpha value is -2.82. The first-order valence-corrected chi connectivity index (χ1v) is 8.19. The second-order valence-electron chi connectivity index (χ2n) is 6.30. The van der Waals surface area contributed by atoms with Crippen LogP contribution in [0.4, 0.5) is 5.69 Å². The molecule has 5 heteroatoms. The lowest BCUT2D eigenvalue weighted by Crippen LogP contribution is -2.32. The van der Waals surface area contributed by atoms with Gasteiger partial charge in [0.1, 0.15) is 11.3 Å². The summed E-state index contributed by atoms with van der Waals surface area (Å²) >= 11 is 0. The summed E-state index contributed by atoms with van der Waals surface area (Å²) in [7, 11) is 0. The molecule has 0 amide bonds. The predicted molar refractivity (Wildman–Crippen MR) is 90.4 cm³/mol. The molecule has 120 valence electrons. The molecule has 0 unspecified atom stereocenters. The van der Waals surface area contributed by atoms with E-state index >= 15 is 0 Å². The minimum absolute atomic E-state index is 0.193. The summed E-state index contributed by atoms with van der Waals surface area (Å²) in [5, 5.41) is 1.05. The number of pyridine rings is 1. The van der Waals surface area contributed by atoms with Crippen molar-refractivity contribution in [2.24, 2.45) is 0 Å². The van der Waals surface area contributed by atoms with Gasteiger partial charge in [0.05, 0.1) is 24.0 Å². The third-order valence-electron chi connectivity index (χ3n) is 4.94. The highest BCUT2D eigenvalue weighted by molar-refractivity contribution is 5.87. The Kier molecular flexibility index (Phi) is 2.89. The average molecular weight is 320 g/mol. The van der Waals surface area contributed by atoms with Gasteiger partial charge < -0.3 is 14.1 Å². The molecule has 24 heavy (non-hydrogen) atoms. The second-order valence-corrected chi connectivity index (χ2v) is 6.30. The van der Waals surface area contributed by atoms with Gasteiger partial charge in [-0.1, -0.05) is 0 Å². The molecule has 2 aromatic heterocycles.